The first-order chi connectivity index (χ1) is 5.52. The summed E-state index contributed by atoms with van der Waals surface area (Å²) in [4.78, 5) is 24.0. The minimum atomic E-state index is -1.79. The van der Waals surface area contributed by atoms with Crippen molar-refractivity contribution in [1.82, 2.24) is 5.48 Å². The predicted octanol–water partition coefficient (Wildman–Crippen LogP) is -3.65. The molecule has 1 amide bonds. The maximum Gasteiger partial charge on any atom is 1.00 e. The molecule has 0 bridgehead atoms. The van der Waals surface area contributed by atoms with Gasteiger partial charge in [-0.25, -0.2) is 0 Å². The van der Waals surface area contributed by atoms with Crippen molar-refractivity contribution in [3.8, 4) is 0 Å². The second-order valence-electron chi connectivity index (χ2n) is 1.90. The van der Waals surface area contributed by atoms with Crippen molar-refractivity contribution >= 4 is 37.3 Å². The molecular weight excluding hydrogens is 241 g/mol. The quantitative estimate of drug-likeness (QED) is 0.209. The van der Waals surface area contributed by atoms with Gasteiger partial charge in [-0.1, -0.05) is 0 Å². The van der Waals surface area contributed by atoms with Gasteiger partial charge in [-0.3, -0.25) is 10.3 Å². The van der Waals surface area contributed by atoms with Crippen LogP contribution in [0, 0.1) is 0 Å². The number of carboxylic acid groups (broad SMARTS) is 1. The summed E-state index contributed by atoms with van der Waals surface area (Å²) < 4.78 is -0.210. The number of thiol groups is 2. The van der Waals surface area contributed by atoms with Crippen molar-refractivity contribution in [1.29, 1.82) is 0 Å². The third-order valence-electron chi connectivity index (χ3n) is 0.878. The van der Waals surface area contributed by atoms with Gasteiger partial charge < -0.3 is 14.7 Å². The third kappa shape index (κ3) is 13.1. The minimum Gasteiger partial charge on any atom is -0.441 e. The number of amides is 1. The zero-order valence-corrected chi connectivity index (χ0v) is 11.9. The number of carbonyl (C=O) groups is 2. The van der Waals surface area contributed by atoms with E-state index in [0.29, 0.717) is 6.42 Å². The summed E-state index contributed by atoms with van der Waals surface area (Å²) in [6.45, 7) is 0. The van der Waals surface area contributed by atoms with E-state index in [1.165, 1.54) is 0 Å². The van der Waals surface area contributed by atoms with Gasteiger partial charge >= 0.3 is 51.4 Å². The normalized spacial score (nSPS) is 8.85. The fourth-order valence-corrected chi connectivity index (χ4v) is 0.668. The van der Waals surface area contributed by atoms with Crippen LogP contribution in [0.15, 0.2) is 0 Å². The van der Waals surface area contributed by atoms with E-state index in [1.54, 1.807) is 5.48 Å². The Morgan fingerprint density at radius 3 is 2.38 bits per heavy atom. The van der Waals surface area contributed by atoms with Crippen LogP contribution in [0.5, 0.6) is 0 Å². The molecule has 0 saturated heterocycles. The zero-order chi connectivity index (χ0) is 9.56. The molecule has 0 aromatic rings. The number of hydroxylamine groups is 1. The van der Waals surface area contributed by atoms with Gasteiger partial charge in [-0.05, 0) is 6.42 Å². The first-order valence-corrected chi connectivity index (χ1v) is 4.08. The van der Waals surface area contributed by atoms with Gasteiger partial charge in [-0.15, -0.1) is 0 Å². The molecule has 0 radical (unpaired) electrons. The molecule has 0 aromatic carbocycles. The molecule has 0 unspecified atom stereocenters. The van der Waals surface area contributed by atoms with Gasteiger partial charge in [0.15, 0.2) is 0 Å². The van der Waals surface area contributed by atoms with E-state index < -0.39 is 12.1 Å². The first kappa shape index (κ1) is 16.5. The second kappa shape index (κ2) is 9.62. The van der Waals surface area contributed by atoms with E-state index in [-0.39, 0.29) is 62.4 Å². The number of hydrogen-bond donors (Lipinski definition) is 3. The van der Waals surface area contributed by atoms with E-state index in [0.717, 1.165) is 0 Å². The van der Waals surface area contributed by atoms with Crippen molar-refractivity contribution in [2.75, 3.05) is 0 Å². The summed E-state index contributed by atoms with van der Waals surface area (Å²) in [5.74, 6) is -0.549. The van der Waals surface area contributed by atoms with Gasteiger partial charge in [0.1, 0.15) is 0 Å². The van der Waals surface area contributed by atoms with Gasteiger partial charge in [0, 0.05) is 11.0 Å². The molecular formula is C5H8KNO4S2. The Labute approximate surface area is 129 Å². The molecule has 0 spiro atoms. The predicted molar refractivity (Wildman–Crippen MR) is 45.6 cm³/mol. The Hall–Kier alpha value is 1.08. The molecule has 0 saturated carbocycles. The molecule has 0 fully saturated rings. The minimum absolute atomic E-state index is 0. The van der Waals surface area contributed by atoms with Crippen LogP contribution in [0.25, 0.3) is 0 Å². The summed E-state index contributed by atoms with van der Waals surface area (Å²) in [7, 11) is 0. The fourth-order valence-electron chi connectivity index (χ4n) is 0.410. The molecule has 0 aliphatic rings. The Kier molecular flexibility index (Phi) is 12.2. The number of rotatable bonds is 3. The standard InChI is InChI=1S/C5H9NO4S2.K/c7-3(1-2-4(11)12)6-10-5(8)9;/h4,11-12H,1-2H2,(H,6,7)(H,8,9);/q;+1/p-1. The maximum absolute atomic E-state index is 10.7. The van der Waals surface area contributed by atoms with Gasteiger partial charge in [-0.2, -0.15) is 25.3 Å². The molecule has 1 N–H and O–H groups in total. The number of nitrogens with one attached hydrogen (secondary N) is 1. The molecule has 0 heterocycles. The van der Waals surface area contributed by atoms with Gasteiger partial charge in [0.2, 0.25) is 5.91 Å². The summed E-state index contributed by atoms with van der Waals surface area (Å²) >= 11 is 7.79. The second-order valence-corrected chi connectivity index (χ2v) is 3.55. The molecule has 0 aromatic heterocycles. The third-order valence-corrected chi connectivity index (χ3v) is 1.39. The van der Waals surface area contributed by atoms with Crippen LogP contribution in [-0.2, 0) is 9.63 Å². The van der Waals surface area contributed by atoms with Crippen LogP contribution < -0.4 is 62.0 Å². The molecule has 5 nitrogen and oxygen atoms in total. The molecule has 0 aliphatic heterocycles. The SMILES string of the molecule is O=C(CCC(S)S)NOC(=O)[O-].[K+]. The number of carbonyl (C=O) groups excluding carboxylic acids is 2. The van der Waals surface area contributed by atoms with Crippen LogP contribution >= 0.6 is 25.3 Å². The average Bonchev–Trinajstić information content (AvgIpc) is 1.96. The Bertz CT molecular complexity index is 178. The summed E-state index contributed by atoms with van der Waals surface area (Å²) in [5, 5.41) is 9.66. The summed E-state index contributed by atoms with van der Waals surface area (Å²) in [6, 6.07) is 0. The van der Waals surface area contributed by atoms with Crippen LogP contribution in [-0.4, -0.2) is 16.6 Å². The van der Waals surface area contributed by atoms with Gasteiger partial charge in [0.05, 0.1) is 0 Å². The van der Waals surface area contributed by atoms with Crippen LogP contribution in [0.1, 0.15) is 12.8 Å². The average molecular weight is 249 g/mol. The Morgan fingerprint density at radius 1 is 1.46 bits per heavy atom. The van der Waals surface area contributed by atoms with Crippen molar-refractivity contribution in [2.24, 2.45) is 0 Å². The van der Waals surface area contributed by atoms with Crippen molar-refractivity contribution < 1.29 is 70.9 Å². The zero-order valence-electron chi connectivity index (χ0n) is 7.02. The van der Waals surface area contributed by atoms with E-state index >= 15 is 0 Å². The maximum atomic E-state index is 10.7. The van der Waals surface area contributed by atoms with E-state index in [9.17, 15) is 14.7 Å². The molecule has 0 rings (SSSR count). The van der Waals surface area contributed by atoms with Crippen LogP contribution in [0.2, 0.25) is 0 Å². The first-order valence-electron chi connectivity index (χ1n) is 3.05. The smallest absolute Gasteiger partial charge is 0.441 e. The molecule has 70 valence electrons. The monoisotopic (exact) mass is 249 g/mol. The summed E-state index contributed by atoms with van der Waals surface area (Å²) in [5.41, 5.74) is 1.67. The summed E-state index contributed by atoms with van der Waals surface area (Å²) in [6.07, 6.45) is -1.27. The molecule has 13 heavy (non-hydrogen) atoms. The van der Waals surface area contributed by atoms with Crippen molar-refractivity contribution in [2.45, 2.75) is 17.4 Å². The Morgan fingerprint density at radius 2 is 2.00 bits per heavy atom. The topological polar surface area (TPSA) is 78.5 Å². The van der Waals surface area contributed by atoms with Gasteiger partial charge in [0.25, 0.3) is 6.16 Å². The van der Waals surface area contributed by atoms with Crippen molar-refractivity contribution in [3.63, 3.8) is 0 Å². The number of hydrogen-bond acceptors (Lipinski definition) is 6. The van der Waals surface area contributed by atoms with E-state index in [1.807, 2.05) is 0 Å². The fraction of sp³-hybridized carbons (Fsp3) is 0.600. The molecule has 8 heteroatoms. The van der Waals surface area contributed by atoms with E-state index in [2.05, 4.69) is 30.1 Å². The van der Waals surface area contributed by atoms with E-state index in [4.69, 9.17) is 0 Å². The molecule has 0 aliphatic carbocycles. The Balaban J connectivity index is 0. The molecule has 0 atom stereocenters. The van der Waals surface area contributed by atoms with Crippen molar-refractivity contribution in [3.05, 3.63) is 0 Å². The van der Waals surface area contributed by atoms with Crippen LogP contribution in [0.4, 0.5) is 4.79 Å². The largest absolute Gasteiger partial charge is 1.00 e. The van der Waals surface area contributed by atoms with Crippen LogP contribution in [0.3, 0.4) is 0 Å².